The number of aryl methyl sites for hydroxylation is 1. The van der Waals surface area contributed by atoms with Gasteiger partial charge in [-0.3, -0.25) is 14.5 Å². The lowest BCUT2D eigenvalue weighted by Crippen LogP contribution is -2.38. The number of rotatable bonds is 15. The molecule has 0 unspecified atom stereocenters. The Balaban J connectivity index is 1.21. The molecule has 0 radical (unpaired) electrons. The Morgan fingerprint density at radius 2 is 0.797 bits per heavy atom. The summed E-state index contributed by atoms with van der Waals surface area (Å²) in [6.45, 7) is 15.5. The Hall–Kier alpha value is -2.24. The van der Waals surface area contributed by atoms with Crippen LogP contribution in [0.5, 0.6) is 0 Å². The summed E-state index contributed by atoms with van der Waals surface area (Å²) in [6.07, 6.45) is 12.3. The van der Waals surface area contributed by atoms with Gasteiger partial charge in [0.2, 0.25) is 11.8 Å². The SMILES string of the molecule is O=C(CCCCCCCCCCCN1CCOCCOCCNCCOCCOCC1)N1CCOCCOCCN(C(=O)CCc2ccccc2)CCOCCOCC1. The minimum Gasteiger partial charge on any atom is -0.378 e. The summed E-state index contributed by atoms with van der Waals surface area (Å²) in [6, 6.07) is 10.1. The summed E-state index contributed by atoms with van der Waals surface area (Å²) in [5.41, 5.74) is 1.15. The molecular weight excluding hydrogens is 757 g/mol. The minimum absolute atomic E-state index is 0.0996. The molecule has 2 heterocycles. The monoisotopic (exact) mass is 837 g/mol. The number of hydrogen-bond acceptors (Lipinski definition) is 12. The van der Waals surface area contributed by atoms with Gasteiger partial charge in [-0.25, -0.2) is 0 Å². The van der Waals surface area contributed by atoms with Crippen LogP contribution in [0.2, 0.25) is 0 Å². The number of ether oxygens (including phenoxy) is 8. The quantitative estimate of drug-likeness (QED) is 0.254. The van der Waals surface area contributed by atoms with Crippen molar-refractivity contribution in [2.24, 2.45) is 0 Å². The second-order valence-corrected chi connectivity index (χ2v) is 15.2. The van der Waals surface area contributed by atoms with Gasteiger partial charge in [0, 0.05) is 65.2 Å². The van der Waals surface area contributed by atoms with Crippen molar-refractivity contribution >= 4 is 11.8 Å². The van der Waals surface area contributed by atoms with Crippen LogP contribution in [0.3, 0.4) is 0 Å². The van der Waals surface area contributed by atoms with Crippen LogP contribution in [0.15, 0.2) is 30.3 Å². The number of carbonyl (C=O) groups is 2. The second kappa shape index (κ2) is 37.5. The van der Waals surface area contributed by atoms with E-state index in [1.165, 1.54) is 44.9 Å². The van der Waals surface area contributed by atoms with Crippen molar-refractivity contribution in [3.63, 3.8) is 0 Å². The van der Waals surface area contributed by atoms with E-state index in [4.69, 9.17) is 37.9 Å². The van der Waals surface area contributed by atoms with Gasteiger partial charge in [0.1, 0.15) is 0 Å². The van der Waals surface area contributed by atoms with Gasteiger partial charge in [0.25, 0.3) is 0 Å². The summed E-state index contributed by atoms with van der Waals surface area (Å²) in [5.74, 6) is 0.262. The Kier molecular flexibility index (Phi) is 32.5. The third kappa shape index (κ3) is 28.8. The highest BCUT2D eigenvalue weighted by Gasteiger charge is 2.15. The number of nitrogens with one attached hydrogen (secondary N) is 1. The number of nitrogens with zero attached hydrogens (tertiary/aromatic N) is 3. The van der Waals surface area contributed by atoms with Crippen molar-refractivity contribution in [3.05, 3.63) is 35.9 Å². The summed E-state index contributed by atoms with van der Waals surface area (Å²) >= 11 is 0. The smallest absolute Gasteiger partial charge is 0.223 e. The lowest BCUT2D eigenvalue weighted by Gasteiger charge is -2.24. The van der Waals surface area contributed by atoms with Crippen molar-refractivity contribution in [3.8, 4) is 0 Å². The molecule has 59 heavy (non-hydrogen) atoms. The molecule has 2 aliphatic rings. The van der Waals surface area contributed by atoms with Crippen LogP contribution in [-0.4, -0.2) is 191 Å². The van der Waals surface area contributed by atoms with Crippen LogP contribution in [0, 0.1) is 0 Å². The maximum atomic E-state index is 13.2. The molecule has 0 atom stereocenters. The number of carbonyl (C=O) groups excluding carboxylic acids is 2. The number of amides is 2. The number of unbranched alkanes of at least 4 members (excludes halogenated alkanes) is 8. The van der Waals surface area contributed by atoms with Crippen molar-refractivity contribution in [2.45, 2.75) is 77.0 Å². The first-order chi connectivity index (χ1) is 29.2. The molecule has 2 amide bonds. The summed E-state index contributed by atoms with van der Waals surface area (Å²) in [7, 11) is 0. The van der Waals surface area contributed by atoms with Crippen LogP contribution in [0.4, 0.5) is 0 Å². The van der Waals surface area contributed by atoms with Gasteiger partial charge in [-0.2, -0.15) is 0 Å². The Bertz CT molecular complexity index is 1090. The highest BCUT2D eigenvalue weighted by Crippen LogP contribution is 2.12. The molecule has 14 heteroatoms. The Morgan fingerprint density at radius 1 is 0.424 bits per heavy atom. The van der Waals surface area contributed by atoms with Gasteiger partial charge in [-0.1, -0.05) is 75.3 Å². The van der Waals surface area contributed by atoms with E-state index in [1.54, 1.807) is 0 Å². The molecule has 2 saturated heterocycles. The van der Waals surface area contributed by atoms with E-state index in [-0.39, 0.29) is 11.8 Å². The number of hydrogen-bond donors (Lipinski definition) is 1. The zero-order valence-corrected chi connectivity index (χ0v) is 36.5. The van der Waals surface area contributed by atoms with E-state index in [9.17, 15) is 9.59 Å². The molecule has 0 aliphatic carbocycles. The minimum atomic E-state index is 0.0996. The average molecular weight is 837 g/mol. The first-order valence-corrected chi connectivity index (χ1v) is 22.9. The maximum Gasteiger partial charge on any atom is 0.223 e. The fraction of sp³-hybridized carbons (Fsp3) is 0.822. The lowest BCUT2D eigenvalue weighted by molar-refractivity contribution is -0.134. The standard InChI is InChI=1S/C45H80N4O10/c50-44(15-11-6-4-2-1-3-5-7-12-20-47-21-29-54-37-35-52-27-18-46-19-28-53-36-38-55-30-22-47)48-23-31-56-39-41-58-33-25-49(26-34-59-42-40-57-32-24-48)45(51)17-16-43-13-9-8-10-14-43/h8-10,13-14,46H,1-7,11-12,15-42H2. The molecule has 0 spiro atoms. The fourth-order valence-corrected chi connectivity index (χ4v) is 6.91. The predicted octanol–water partition coefficient (Wildman–Crippen LogP) is 4.23. The van der Waals surface area contributed by atoms with Crippen LogP contribution < -0.4 is 5.32 Å². The van der Waals surface area contributed by atoms with Crippen molar-refractivity contribution in [2.75, 3.05) is 165 Å². The van der Waals surface area contributed by atoms with E-state index in [0.717, 1.165) is 51.1 Å². The van der Waals surface area contributed by atoms with E-state index in [1.807, 2.05) is 40.1 Å². The molecule has 0 bridgehead atoms. The Morgan fingerprint density at radius 3 is 1.25 bits per heavy atom. The van der Waals surface area contributed by atoms with Gasteiger partial charge >= 0.3 is 0 Å². The Labute approximate surface area is 356 Å². The van der Waals surface area contributed by atoms with Gasteiger partial charge in [0.05, 0.1) is 106 Å². The van der Waals surface area contributed by atoms with E-state index in [0.29, 0.717) is 151 Å². The first-order valence-electron chi connectivity index (χ1n) is 22.9. The first kappa shape index (κ1) is 51.1. The average Bonchev–Trinajstić information content (AvgIpc) is 3.25. The molecule has 2 fully saturated rings. The molecule has 0 saturated carbocycles. The van der Waals surface area contributed by atoms with E-state index in [2.05, 4.69) is 10.2 Å². The van der Waals surface area contributed by atoms with E-state index >= 15 is 0 Å². The van der Waals surface area contributed by atoms with Gasteiger partial charge in [-0.15, -0.1) is 0 Å². The molecule has 2 aliphatic heterocycles. The van der Waals surface area contributed by atoms with Crippen molar-refractivity contribution in [1.82, 2.24) is 20.0 Å². The molecule has 14 nitrogen and oxygen atoms in total. The molecule has 0 aromatic heterocycles. The highest BCUT2D eigenvalue weighted by atomic mass is 16.5. The van der Waals surface area contributed by atoms with Gasteiger partial charge in [0.15, 0.2) is 0 Å². The third-order valence-corrected chi connectivity index (χ3v) is 10.5. The van der Waals surface area contributed by atoms with Gasteiger partial charge < -0.3 is 53.0 Å². The van der Waals surface area contributed by atoms with Gasteiger partial charge in [-0.05, 0) is 31.4 Å². The zero-order valence-electron chi connectivity index (χ0n) is 36.5. The van der Waals surface area contributed by atoms with Crippen LogP contribution in [0.25, 0.3) is 0 Å². The van der Waals surface area contributed by atoms with Crippen molar-refractivity contribution < 1.29 is 47.5 Å². The molecule has 3 rings (SSSR count). The summed E-state index contributed by atoms with van der Waals surface area (Å²) < 4.78 is 46.1. The maximum absolute atomic E-state index is 13.2. The molecular formula is C45H80N4O10. The lowest BCUT2D eigenvalue weighted by atomic mass is 10.1. The predicted molar refractivity (Wildman–Crippen MR) is 230 cm³/mol. The molecule has 340 valence electrons. The van der Waals surface area contributed by atoms with Crippen molar-refractivity contribution in [1.29, 1.82) is 0 Å². The van der Waals surface area contributed by atoms with Crippen LogP contribution in [-0.2, 0) is 53.9 Å². The second-order valence-electron chi connectivity index (χ2n) is 15.2. The van der Waals surface area contributed by atoms with Crippen LogP contribution in [0.1, 0.15) is 76.2 Å². The molecule has 1 aromatic rings. The number of benzene rings is 1. The highest BCUT2D eigenvalue weighted by molar-refractivity contribution is 5.76. The third-order valence-electron chi connectivity index (χ3n) is 10.5. The van der Waals surface area contributed by atoms with E-state index < -0.39 is 0 Å². The summed E-state index contributed by atoms with van der Waals surface area (Å²) in [4.78, 5) is 32.3. The van der Waals surface area contributed by atoms with Crippen LogP contribution >= 0.6 is 0 Å². The topological polar surface area (TPSA) is 130 Å². The fourth-order valence-electron chi connectivity index (χ4n) is 6.91. The summed E-state index contributed by atoms with van der Waals surface area (Å²) in [5, 5.41) is 3.31. The normalized spacial score (nSPS) is 19.9. The zero-order chi connectivity index (χ0) is 41.5. The largest absolute Gasteiger partial charge is 0.378 e. The molecule has 1 N–H and O–H groups in total. The molecule has 1 aromatic carbocycles.